The molecule has 1 fully saturated rings. The predicted molar refractivity (Wildman–Crippen MR) is 123 cm³/mol. The summed E-state index contributed by atoms with van der Waals surface area (Å²) in [5.41, 5.74) is 5.36. The van der Waals surface area contributed by atoms with Crippen molar-refractivity contribution < 1.29 is 43.5 Å². The van der Waals surface area contributed by atoms with Gasteiger partial charge >= 0.3 is 17.9 Å². The van der Waals surface area contributed by atoms with Gasteiger partial charge in [-0.3, -0.25) is 9.59 Å². The largest absolute Gasteiger partial charge is 0.493 e. The number of aliphatic hydroxyl groups is 1. The molecule has 5 rings (SSSR count). The Morgan fingerprint density at radius 2 is 2.08 bits per heavy atom. The number of rotatable bonds is 7. The van der Waals surface area contributed by atoms with Crippen molar-refractivity contribution in [2.24, 2.45) is 5.73 Å². The Kier molecular flexibility index (Phi) is 5.77. The lowest BCUT2D eigenvalue weighted by Crippen LogP contribution is -2.74. The molecule has 2 aliphatic carbocycles. The Morgan fingerprint density at radius 3 is 2.78 bits per heavy atom. The zero-order valence-corrected chi connectivity index (χ0v) is 20.4. The summed E-state index contributed by atoms with van der Waals surface area (Å²) in [5.74, 6) is -1.79. The predicted octanol–water partition coefficient (Wildman–Crippen LogP) is 0.250. The monoisotopic (exact) mass is 502 g/mol. The smallest absolute Gasteiger partial charge is 0.352 e. The zero-order chi connectivity index (χ0) is 26.0. The van der Waals surface area contributed by atoms with Crippen LogP contribution in [0.2, 0.25) is 0 Å². The number of carbonyl (C=O) groups excluding carboxylic acids is 2. The zero-order valence-electron chi connectivity index (χ0n) is 20.4. The highest BCUT2D eigenvalue weighted by molar-refractivity contribution is 5.84. The van der Waals surface area contributed by atoms with Crippen LogP contribution in [0.25, 0.3) is 0 Å². The number of carbonyl (C=O) groups is 3. The minimum Gasteiger partial charge on any atom is -0.493 e. The highest BCUT2D eigenvalue weighted by Gasteiger charge is 2.72. The van der Waals surface area contributed by atoms with E-state index in [1.807, 2.05) is 19.2 Å². The van der Waals surface area contributed by atoms with Crippen molar-refractivity contribution in [2.75, 3.05) is 20.7 Å². The van der Waals surface area contributed by atoms with Crippen molar-refractivity contribution in [3.8, 4) is 11.5 Å². The molecule has 1 spiro atoms. The minimum absolute atomic E-state index is 0.143. The second kappa shape index (κ2) is 8.46. The third kappa shape index (κ3) is 3.33. The van der Waals surface area contributed by atoms with Gasteiger partial charge in [0.25, 0.3) is 0 Å². The number of carboxylic acid groups (broad SMARTS) is 1. The average molecular weight is 503 g/mol. The maximum absolute atomic E-state index is 12.9. The van der Waals surface area contributed by atoms with Crippen molar-refractivity contribution in [1.82, 2.24) is 4.90 Å². The van der Waals surface area contributed by atoms with Crippen LogP contribution in [0.3, 0.4) is 0 Å². The number of piperidine rings is 1. The number of nitrogens with two attached hydrogens (primary N) is 1. The molecular weight excluding hydrogens is 472 g/mol. The molecule has 194 valence electrons. The molecule has 0 amide bonds. The highest BCUT2D eigenvalue weighted by Crippen LogP contribution is 2.65. The maximum Gasteiger partial charge on any atom is 0.352 e. The van der Waals surface area contributed by atoms with Gasteiger partial charge in [-0.2, -0.15) is 0 Å². The number of likely N-dealkylation sites (N-methyl/N-ethyl adjacent to an activating group) is 1. The van der Waals surface area contributed by atoms with Crippen molar-refractivity contribution in [3.05, 3.63) is 35.1 Å². The summed E-state index contributed by atoms with van der Waals surface area (Å²) < 4.78 is 22.7. The van der Waals surface area contributed by atoms with Gasteiger partial charge in [-0.15, -0.1) is 0 Å². The number of ether oxygens (including phenoxy) is 4. The van der Waals surface area contributed by atoms with Crippen LogP contribution < -0.4 is 15.2 Å². The fourth-order valence-electron chi connectivity index (χ4n) is 6.35. The first kappa shape index (κ1) is 24.5. The van der Waals surface area contributed by atoms with Gasteiger partial charge < -0.3 is 39.8 Å². The third-order valence-electron chi connectivity index (χ3n) is 8.12. The number of methoxy groups -OCH3 is 1. The van der Waals surface area contributed by atoms with E-state index in [-0.39, 0.29) is 18.2 Å². The van der Waals surface area contributed by atoms with E-state index < -0.39 is 53.6 Å². The molecule has 1 aromatic rings. The van der Waals surface area contributed by atoms with Crippen LogP contribution in [0, 0.1) is 0 Å². The maximum atomic E-state index is 12.9. The molecule has 2 heterocycles. The first-order chi connectivity index (χ1) is 17.0. The van der Waals surface area contributed by atoms with Crippen LogP contribution in [-0.2, 0) is 35.7 Å². The topological polar surface area (TPSA) is 158 Å². The molecule has 0 saturated carbocycles. The lowest BCUT2D eigenvalue weighted by Gasteiger charge is -2.61. The van der Waals surface area contributed by atoms with Gasteiger partial charge in [0.15, 0.2) is 23.7 Å². The number of hydrogen-bond acceptors (Lipinski definition) is 10. The van der Waals surface area contributed by atoms with Crippen LogP contribution >= 0.6 is 0 Å². The second-order valence-corrected chi connectivity index (χ2v) is 9.99. The minimum atomic E-state index is -1.43. The van der Waals surface area contributed by atoms with Gasteiger partial charge in [0.05, 0.1) is 24.5 Å². The van der Waals surface area contributed by atoms with E-state index in [0.29, 0.717) is 24.3 Å². The van der Waals surface area contributed by atoms with Crippen molar-refractivity contribution in [3.63, 3.8) is 0 Å². The van der Waals surface area contributed by atoms with E-state index in [1.165, 1.54) is 6.92 Å². The Labute approximate surface area is 207 Å². The molecule has 1 aromatic carbocycles. The summed E-state index contributed by atoms with van der Waals surface area (Å²) in [6.45, 7) is 2.06. The molecule has 1 saturated heterocycles. The Hall–Kier alpha value is -3.15. The Morgan fingerprint density at radius 1 is 1.33 bits per heavy atom. The quantitative estimate of drug-likeness (QED) is 0.439. The molecule has 4 N–H and O–H groups in total. The normalized spacial score (nSPS) is 31.3. The lowest BCUT2D eigenvalue weighted by molar-refractivity contribution is -0.175. The van der Waals surface area contributed by atoms with Crippen LogP contribution in [0.5, 0.6) is 11.5 Å². The van der Waals surface area contributed by atoms with Gasteiger partial charge in [-0.1, -0.05) is 6.07 Å². The highest BCUT2D eigenvalue weighted by atomic mass is 16.6. The standard InChI is InChI=1S/C25H30N2O9/c1-12(34-18(28)11-14(26)22(29)30)23(31)35-16-6-7-25(32)17-10-13-4-5-15(33-3)20-19(13)24(25,21(16)36-20)8-9-27(17)2/h4-6,12,14,17,21,32H,7-11,26H2,1-3H3,(H,29,30)/t12-,14-,17+,21-,24?,25+/m0/s1. The first-order valence-corrected chi connectivity index (χ1v) is 11.9. The van der Waals surface area contributed by atoms with E-state index in [0.717, 1.165) is 17.7 Å². The van der Waals surface area contributed by atoms with E-state index in [9.17, 15) is 19.5 Å². The molecular formula is C25H30N2O9. The summed E-state index contributed by atoms with van der Waals surface area (Å²) in [5, 5.41) is 21.0. The van der Waals surface area contributed by atoms with E-state index in [2.05, 4.69) is 4.90 Å². The number of aliphatic carboxylic acids is 1. The van der Waals surface area contributed by atoms with Crippen molar-refractivity contribution in [1.29, 1.82) is 0 Å². The summed E-state index contributed by atoms with van der Waals surface area (Å²) >= 11 is 0. The molecule has 0 aromatic heterocycles. The second-order valence-electron chi connectivity index (χ2n) is 9.99. The summed E-state index contributed by atoms with van der Waals surface area (Å²) in [6.07, 6.45) is 0.512. The molecule has 6 atom stereocenters. The molecule has 4 aliphatic rings. The molecule has 2 aliphatic heterocycles. The van der Waals surface area contributed by atoms with Gasteiger partial charge in [0.1, 0.15) is 11.8 Å². The lowest BCUT2D eigenvalue weighted by atomic mass is 9.50. The van der Waals surface area contributed by atoms with E-state index in [1.54, 1.807) is 13.2 Å². The molecule has 2 bridgehead atoms. The molecule has 1 unspecified atom stereocenters. The van der Waals surface area contributed by atoms with Gasteiger partial charge in [-0.25, -0.2) is 4.79 Å². The Balaban J connectivity index is 1.44. The number of nitrogens with zero attached hydrogens (tertiary/aromatic N) is 1. The SMILES string of the molecule is COc1ccc2c3c1O[C@H]1C(OC(=O)[C@H](C)OC(=O)C[C@H](N)C(=O)O)=CC[C@@]4(O)[C@@H](C2)N(C)CCC314. The van der Waals surface area contributed by atoms with Crippen LogP contribution in [-0.4, -0.2) is 83.6 Å². The van der Waals surface area contributed by atoms with Gasteiger partial charge in [0, 0.05) is 18.0 Å². The number of hydrogen-bond donors (Lipinski definition) is 3. The first-order valence-electron chi connectivity index (χ1n) is 11.9. The van der Waals surface area contributed by atoms with E-state index in [4.69, 9.17) is 29.8 Å². The Bertz CT molecular complexity index is 1170. The van der Waals surface area contributed by atoms with Crippen LogP contribution in [0.1, 0.15) is 37.3 Å². The molecule has 11 nitrogen and oxygen atoms in total. The van der Waals surface area contributed by atoms with Crippen LogP contribution in [0.15, 0.2) is 24.0 Å². The van der Waals surface area contributed by atoms with Crippen molar-refractivity contribution in [2.45, 2.75) is 67.9 Å². The summed E-state index contributed by atoms with van der Waals surface area (Å²) in [6, 6.07) is 2.28. The molecule has 11 heteroatoms. The van der Waals surface area contributed by atoms with Gasteiger partial charge in [0.2, 0.25) is 0 Å². The third-order valence-corrected chi connectivity index (χ3v) is 8.12. The van der Waals surface area contributed by atoms with Crippen molar-refractivity contribution >= 4 is 17.9 Å². The number of likely N-dealkylation sites (tertiary alicyclic amines) is 1. The molecule has 0 radical (unpaired) electrons. The number of benzene rings is 1. The summed E-state index contributed by atoms with van der Waals surface area (Å²) in [4.78, 5) is 37.9. The molecule has 36 heavy (non-hydrogen) atoms. The van der Waals surface area contributed by atoms with E-state index >= 15 is 0 Å². The number of esters is 2. The van der Waals surface area contributed by atoms with Crippen LogP contribution in [0.4, 0.5) is 0 Å². The van der Waals surface area contributed by atoms with Gasteiger partial charge in [-0.05, 0) is 51.1 Å². The fraction of sp³-hybridized carbons (Fsp3) is 0.560. The summed E-state index contributed by atoms with van der Waals surface area (Å²) in [7, 11) is 3.55. The average Bonchev–Trinajstić information content (AvgIpc) is 3.18. The fourth-order valence-corrected chi connectivity index (χ4v) is 6.35. The number of carboxylic acids is 1.